The molecular weight excluding hydrogens is 410 g/mol. The van der Waals surface area contributed by atoms with Gasteiger partial charge < -0.3 is 19.9 Å². The van der Waals surface area contributed by atoms with Gasteiger partial charge in [-0.2, -0.15) is 4.98 Å². The zero-order chi connectivity index (χ0) is 22.5. The van der Waals surface area contributed by atoms with E-state index in [1.165, 1.54) is 16.8 Å². The first-order chi connectivity index (χ1) is 15.5. The van der Waals surface area contributed by atoms with E-state index in [1.807, 2.05) is 67.6 Å². The van der Waals surface area contributed by atoms with Gasteiger partial charge in [-0.1, -0.05) is 67.6 Å². The number of ether oxygens (including phenoxy) is 3. The first-order valence-electron chi connectivity index (χ1n) is 10.4. The minimum atomic E-state index is -0.771. The van der Waals surface area contributed by atoms with Gasteiger partial charge in [-0.25, -0.2) is 4.79 Å². The van der Waals surface area contributed by atoms with Crippen molar-refractivity contribution in [3.8, 4) is 0 Å². The largest absolute Gasteiger partial charge is 0.460 e. The number of hydrogen-bond donors (Lipinski definition) is 1. The van der Waals surface area contributed by atoms with Crippen molar-refractivity contribution in [2.45, 2.75) is 25.4 Å². The lowest BCUT2D eigenvalue weighted by Gasteiger charge is -2.24. The van der Waals surface area contributed by atoms with Crippen molar-refractivity contribution in [3.63, 3.8) is 0 Å². The molecule has 0 aliphatic carbocycles. The number of nitrogens with two attached hydrogens (primary N) is 1. The van der Waals surface area contributed by atoms with Gasteiger partial charge in [0.2, 0.25) is 0 Å². The quantitative estimate of drug-likeness (QED) is 0.569. The van der Waals surface area contributed by atoms with E-state index in [2.05, 4.69) is 4.98 Å². The summed E-state index contributed by atoms with van der Waals surface area (Å²) in [6.07, 6.45) is 0.0741. The molecule has 0 spiro atoms. The maximum Gasteiger partial charge on any atom is 0.351 e. The number of esters is 1. The van der Waals surface area contributed by atoms with Gasteiger partial charge in [-0.05, 0) is 17.2 Å². The molecule has 3 atom stereocenters. The summed E-state index contributed by atoms with van der Waals surface area (Å²) in [7, 11) is 0. The summed E-state index contributed by atoms with van der Waals surface area (Å²) in [6, 6.07) is 21.3. The van der Waals surface area contributed by atoms with Crippen molar-refractivity contribution in [1.29, 1.82) is 0 Å². The van der Waals surface area contributed by atoms with Gasteiger partial charge in [0.25, 0.3) is 0 Å². The highest BCUT2D eigenvalue weighted by Gasteiger charge is 2.32. The summed E-state index contributed by atoms with van der Waals surface area (Å²) in [5.41, 5.74) is 7.06. The number of benzene rings is 2. The third kappa shape index (κ3) is 4.87. The van der Waals surface area contributed by atoms with E-state index in [1.54, 1.807) is 0 Å². The number of nitrogens with zero attached hydrogens (tertiary/aromatic N) is 2. The van der Waals surface area contributed by atoms with Crippen molar-refractivity contribution in [3.05, 3.63) is 94.5 Å². The second kappa shape index (κ2) is 9.76. The van der Waals surface area contributed by atoms with Crippen LogP contribution in [0.5, 0.6) is 0 Å². The summed E-state index contributed by atoms with van der Waals surface area (Å²) >= 11 is 0. The smallest absolute Gasteiger partial charge is 0.351 e. The zero-order valence-corrected chi connectivity index (χ0v) is 17.7. The Morgan fingerprint density at radius 1 is 1.12 bits per heavy atom. The van der Waals surface area contributed by atoms with Crippen LogP contribution in [0.3, 0.4) is 0 Å². The average molecular weight is 435 g/mol. The fourth-order valence-corrected chi connectivity index (χ4v) is 3.83. The summed E-state index contributed by atoms with van der Waals surface area (Å²) in [4.78, 5) is 28.6. The second-order valence-electron chi connectivity index (χ2n) is 7.61. The standard InChI is InChI=1S/C24H25N3O5/c1-16(22(17-8-4-2-5-9-17)18-10-6-3-7-11-18)23(28)31-15-21-30-14-20(32-21)27-13-12-19(25)26-24(27)29/h2-13,16,20-22H,14-15H2,1H3,(H2,25,26,29)/t16?,20-,21-/m0/s1. The molecule has 1 aliphatic heterocycles. The number of carbonyl (C=O) groups excluding carboxylic acids is 1. The Kier molecular flexibility index (Phi) is 6.63. The minimum absolute atomic E-state index is 0.0763. The fraction of sp³-hybridized carbons (Fsp3) is 0.292. The van der Waals surface area contributed by atoms with E-state index in [0.29, 0.717) is 0 Å². The van der Waals surface area contributed by atoms with E-state index >= 15 is 0 Å². The normalized spacial score (nSPS) is 19.1. The first kappa shape index (κ1) is 21.7. The van der Waals surface area contributed by atoms with Crippen LogP contribution in [-0.4, -0.2) is 35.0 Å². The molecule has 8 nitrogen and oxygen atoms in total. The van der Waals surface area contributed by atoms with E-state index in [-0.39, 0.29) is 30.9 Å². The van der Waals surface area contributed by atoms with Crippen molar-refractivity contribution >= 4 is 11.8 Å². The lowest BCUT2D eigenvalue weighted by atomic mass is 9.82. The molecular formula is C24H25N3O5. The summed E-state index contributed by atoms with van der Waals surface area (Å²) in [5, 5.41) is 0. The maximum atomic E-state index is 12.9. The van der Waals surface area contributed by atoms with Crippen LogP contribution in [-0.2, 0) is 19.0 Å². The Hall–Kier alpha value is -3.49. The molecule has 1 aromatic heterocycles. The highest BCUT2D eigenvalue weighted by Crippen LogP contribution is 2.33. The van der Waals surface area contributed by atoms with Gasteiger partial charge >= 0.3 is 11.7 Å². The van der Waals surface area contributed by atoms with Gasteiger partial charge in [0.1, 0.15) is 12.4 Å². The zero-order valence-electron chi connectivity index (χ0n) is 17.7. The van der Waals surface area contributed by atoms with Crippen LogP contribution in [0.4, 0.5) is 5.82 Å². The lowest BCUT2D eigenvalue weighted by Crippen LogP contribution is -2.29. The number of anilines is 1. The Morgan fingerprint density at radius 2 is 1.75 bits per heavy atom. The fourth-order valence-electron chi connectivity index (χ4n) is 3.83. The van der Waals surface area contributed by atoms with Crippen LogP contribution in [0.25, 0.3) is 0 Å². The van der Waals surface area contributed by atoms with Crippen LogP contribution in [0.2, 0.25) is 0 Å². The predicted octanol–water partition coefficient (Wildman–Crippen LogP) is 2.71. The van der Waals surface area contributed by atoms with Gasteiger partial charge in [0, 0.05) is 12.1 Å². The monoisotopic (exact) mass is 435 g/mol. The van der Waals surface area contributed by atoms with Crippen LogP contribution < -0.4 is 11.4 Å². The predicted molar refractivity (Wildman–Crippen MR) is 118 cm³/mol. The van der Waals surface area contributed by atoms with Crippen LogP contribution in [0, 0.1) is 5.92 Å². The van der Waals surface area contributed by atoms with Crippen molar-refractivity contribution in [1.82, 2.24) is 9.55 Å². The Morgan fingerprint density at radius 3 is 2.34 bits per heavy atom. The number of aromatic nitrogens is 2. The topological polar surface area (TPSA) is 106 Å². The van der Waals surface area contributed by atoms with Gasteiger partial charge in [-0.3, -0.25) is 9.36 Å². The van der Waals surface area contributed by atoms with E-state index < -0.39 is 24.1 Å². The van der Waals surface area contributed by atoms with Crippen LogP contribution >= 0.6 is 0 Å². The summed E-state index contributed by atoms with van der Waals surface area (Å²) in [6.45, 7) is 1.92. The molecule has 1 saturated heterocycles. The Balaban J connectivity index is 1.40. The number of nitrogen functional groups attached to an aromatic ring is 1. The van der Waals surface area contributed by atoms with E-state index in [9.17, 15) is 9.59 Å². The van der Waals surface area contributed by atoms with Crippen LogP contribution in [0.1, 0.15) is 30.2 Å². The molecule has 1 aliphatic rings. The van der Waals surface area contributed by atoms with Gasteiger partial charge in [-0.15, -0.1) is 0 Å². The molecule has 0 radical (unpaired) electrons. The third-order valence-electron chi connectivity index (χ3n) is 5.45. The number of carbonyl (C=O) groups is 1. The molecule has 8 heteroatoms. The minimum Gasteiger partial charge on any atom is -0.460 e. The van der Waals surface area contributed by atoms with E-state index in [4.69, 9.17) is 19.9 Å². The molecule has 32 heavy (non-hydrogen) atoms. The van der Waals surface area contributed by atoms with Crippen molar-refractivity contribution < 1.29 is 19.0 Å². The van der Waals surface area contributed by atoms with E-state index in [0.717, 1.165) is 11.1 Å². The van der Waals surface area contributed by atoms with Crippen molar-refractivity contribution in [2.24, 2.45) is 5.92 Å². The average Bonchev–Trinajstić information content (AvgIpc) is 3.27. The molecule has 3 aromatic rings. The Bertz CT molecular complexity index is 1060. The number of rotatable bonds is 7. The lowest BCUT2D eigenvalue weighted by molar-refractivity contribution is -0.163. The highest BCUT2D eigenvalue weighted by atomic mass is 16.7. The second-order valence-corrected chi connectivity index (χ2v) is 7.61. The summed E-state index contributed by atoms with van der Waals surface area (Å²) < 4.78 is 18.1. The molecule has 1 unspecified atom stereocenters. The van der Waals surface area contributed by atoms with Crippen molar-refractivity contribution in [2.75, 3.05) is 18.9 Å². The molecule has 0 saturated carbocycles. The van der Waals surface area contributed by atoms with Crippen LogP contribution in [0.15, 0.2) is 77.7 Å². The molecule has 2 N–H and O–H groups in total. The van der Waals surface area contributed by atoms with Gasteiger partial charge in [0.15, 0.2) is 12.5 Å². The molecule has 4 rings (SSSR count). The molecule has 2 heterocycles. The molecule has 166 valence electrons. The SMILES string of the molecule is CC(C(=O)OC[C@H]1OC[C@@H](n2ccc(N)nc2=O)O1)C(c1ccccc1)c1ccccc1. The number of hydrogen-bond acceptors (Lipinski definition) is 7. The molecule has 2 aromatic carbocycles. The first-order valence-corrected chi connectivity index (χ1v) is 10.4. The molecule has 0 bridgehead atoms. The van der Waals surface area contributed by atoms with Gasteiger partial charge in [0.05, 0.1) is 12.5 Å². The molecule has 0 amide bonds. The molecule has 1 fully saturated rings. The third-order valence-corrected chi connectivity index (χ3v) is 5.45. The highest BCUT2D eigenvalue weighted by molar-refractivity contribution is 5.74. The maximum absolute atomic E-state index is 12.9. The summed E-state index contributed by atoms with van der Waals surface area (Å²) in [5.74, 6) is -0.802. The Labute approximate surface area is 185 Å².